The summed E-state index contributed by atoms with van der Waals surface area (Å²) in [6.45, 7) is 0. The zero-order chi connectivity index (χ0) is 19.3. The van der Waals surface area contributed by atoms with Gasteiger partial charge < -0.3 is 4.74 Å². The third-order valence-corrected chi connectivity index (χ3v) is 5.48. The predicted molar refractivity (Wildman–Crippen MR) is 106 cm³/mol. The van der Waals surface area contributed by atoms with Crippen LogP contribution in [0.4, 0.5) is 4.39 Å². The Morgan fingerprint density at radius 3 is 2.54 bits per heavy atom. The van der Waals surface area contributed by atoms with Crippen LogP contribution in [0.3, 0.4) is 0 Å². The Morgan fingerprint density at radius 1 is 1.04 bits per heavy atom. The molecule has 1 aromatic heterocycles. The van der Waals surface area contributed by atoms with E-state index in [1.165, 1.54) is 12.1 Å². The number of nitrogens with zero attached hydrogens (tertiary/aromatic N) is 3. The van der Waals surface area contributed by atoms with Gasteiger partial charge in [0.25, 0.3) is 0 Å². The van der Waals surface area contributed by atoms with Gasteiger partial charge in [0.1, 0.15) is 11.6 Å². The van der Waals surface area contributed by atoms with Crippen molar-refractivity contribution >= 4 is 28.9 Å². The summed E-state index contributed by atoms with van der Waals surface area (Å²) < 4.78 is 19.6. The number of hydrogen-bond donors (Lipinski definition) is 0. The SMILES string of the molecule is Fc1ccc(C2=NN3[C@@H](c4ccncc4)Oc4c(Cl)cc(Cl)cc4[C@@H]3C2)cc1. The molecule has 0 N–H and O–H groups in total. The summed E-state index contributed by atoms with van der Waals surface area (Å²) in [5.41, 5.74) is 3.54. The van der Waals surface area contributed by atoms with Crippen LogP contribution in [-0.2, 0) is 0 Å². The Morgan fingerprint density at radius 2 is 1.79 bits per heavy atom. The number of fused-ring (bicyclic) bond motifs is 3. The average molecular weight is 414 g/mol. The fraction of sp³-hybridized carbons (Fsp3) is 0.143. The van der Waals surface area contributed by atoms with Gasteiger partial charge in [0.05, 0.1) is 16.8 Å². The molecule has 0 aliphatic carbocycles. The smallest absolute Gasteiger partial charge is 0.214 e. The number of hydrazone groups is 1. The second kappa shape index (κ2) is 6.76. The van der Waals surface area contributed by atoms with E-state index >= 15 is 0 Å². The lowest BCUT2D eigenvalue weighted by Crippen LogP contribution is -2.33. The van der Waals surface area contributed by atoms with Gasteiger partial charge in [0.2, 0.25) is 6.23 Å². The normalized spacial score (nSPS) is 20.2. The molecule has 0 amide bonds. The van der Waals surface area contributed by atoms with Crippen LogP contribution in [0.25, 0.3) is 0 Å². The molecule has 2 aromatic carbocycles. The van der Waals surface area contributed by atoms with E-state index in [0.717, 1.165) is 22.4 Å². The molecule has 2 aliphatic heterocycles. The van der Waals surface area contributed by atoms with E-state index < -0.39 is 6.23 Å². The van der Waals surface area contributed by atoms with Crippen LogP contribution in [0.1, 0.15) is 35.4 Å². The molecule has 0 saturated heterocycles. The third kappa shape index (κ3) is 2.91. The van der Waals surface area contributed by atoms with Crippen molar-refractivity contribution in [3.8, 4) is 5.75 Å². The first kappa shape index (κ1) is 17.5. The molecule has 7 heteroatoms. The lowest BCUT2D eigenvalue weighted by molar-refractivity contribution is -0.0189. The van der Waals surface area contributed by atoms with E-state index in [1.54, 1.807) is 30.6 Å². The highest BCUT2D eigenvalue weighted by atomic mass is 35.5. The summed E-state index contributed by atoms with van der Waals surface area (Å²) in [5.74, 6) is 0.339. The standard InChI is InChI=1S/C21H14Cl2FN3O/c22-14-9-16-19-11-18(12-1-3-15(24)4-2-12)26-27(19)21(13-5-7-25-8-6-13)28-20(16)17(23)10-14/h1-10,19,21H,11H2/t19-,21+/m0/s1. The molecule has 0 fully saturated rings. The van der Waals surface area contributed by atoms with Gasteiger partial charge >= 0.3 is 0 Å². The topological polar surface area (TPSA) is 37.7 Å². The van der Waals surface area contributed by atoms with Crippen molar-refractivity contribution in [3.63, 3.8) is 0 Å². The van der Waals surface area contributed by atoms with Gasteiger partial charge in [-0.1, -0.05) is 35.3 Å². The lowest BCUT2D eigenvalue weighted by atomic mass is 9.96. The molecule has 0 spiro atoms. The van der Waals surface area contributed by atoms with Crippen LogP contribution in [0, 0.1) is 5.82 Å². The zero-order valence-electron chi connectivity index (χ0n) is 14.5. The Kier molecular flexibility index (Phi) is 4.22. The number of benzene rings is 2. The van der Waals surface area contributed by atoms with E-state index in [1.807, 2.05) is 23.2 Å². The van der Waals surface area contributed by atoms with Gasteiger partial charge in [0.15, 0.2) is 0 Å². The molecule has 28 heavy (non-hydrogen) atoms. The lowest BCUT2D eigenvalue weighted by Gasteiger charge is -2.38. The quantitative estimate of drug-likeness (QED) is 0.534. The number of aromatic nitrogens is 1. The summed E-state index contributed by atoms with van der Waals surface area (Å²) in [6.07, 6.45) is 3.62. The first-order valence-electron chi connectivity index (χ1n) is 8.77. The molecule has 0 bridgehead atoms. The summed E-state index contributed by atoms with van der Waals surface area (Å²) in [4.78, 5) is 4.08. The second-order valence-electron chi connectivity index (χ2n) is 6.71. The summed E-state index contributed by atoms with van der Waals surface area (Å²) in [6, 6.07) is 13.6. The summed E-state index contributed by atoms with van der Waals surface area (Å²) in [7, 11) is 0. The molecular weight excluding hydrogens is 400 g/mol. The minimum Gasteiger partial charge on any atom is -0.463 e. The monoisotopic (exact) mass is 413 g/mol. The zero-order valence-corrected chi connectivity index (χ0v) is 16.0. The summed E-state index contributed by atoms with van der Waals surface area (Å²) in [5, 5.41) is 7.76. The van der Waals surface area contributed by atoms with Gasteiger partial charge in [-0.2, -0.15) is 5.10 Å². The highest BCUT2D eigenvalue weighted by molar-refractivity contribution is 6.35. The number of pyridine rings is 1. The van der Waals surface area contributed by atoms with Crippen LogP contribution in [0.15, 0.2) is 66.0 Å². The molecule has 3 aromatic rings. The number of hydrogen-bond acceptors (Lipinski definition) is 4. The van der Waals surface area contributed by atoms with E-state index in [-0.39, 0.29) is 11.9 Å². The van der Waals surface area contributed by atoms with Crippen LogP contribution in [0.5, 0.6) is 5.75 Å². The number of ether oxygens (including phenoxy) is 1. The largest absolute Gasteiger partial charge is 0.463 e. The van der Waals surface area contributed by atoms with Gasteiger partial charge in [-0.15, -0.1) is 0 Å². The van der Waals surface area contributed by atoms with Gasteiger partial charge in [-0.05, 0) is 42.0 Å². The molecule has 0 radical (unpaired) electrons. The fourth-order valence-electron chi connectivity index (χ4n) is 3.68. The average Bonchev–Trinajstić information content (AvgIpc) is 3.14. The Hall–Kier alpha value is -2.63. The first-order valence-corrected chi connectivity index (χ1v) is 9.53. The molecule has 2 aliphatic rings. The van der Waals surface area contributed by atoms with Crippen molar-refractivity contribution in [2.45, 2.75) is 18.7 Å². The first-order chi connectivity index (χ1) is 13.6. The molecule has 0 saturated carbocycles. The van der Waals surface area contributed by atoms with Crippen molar-refractivity contribution in [1.29, 1.82) is 0 Å². The van der Waals surface area contributed by atoms with Crippen LogP contribution in [0.2, 0.25) is 10.0 Å². The van der Waals surface area contributed by atoms with Crippen molar-refractivity contribution in [3.05, 3.63) is 93.5 Å². The minimum absolute atomic E-state index is 0.0850. The van der Waals surface area contributed by atoms with E-state index in [4.69, 9.17) is 33.0 Å². The van der Waals surface area contributed by atoms with Crippen LogP contribution < -0.4 is 4.74 Å². The van der Waals surface area contributed by atoms with Crippen molar-refractivity contribution in [2.24, 2.45) is 5.10 Å². The maximum absolute atomic E-state index is 13.3. The van der Waals surface area contributed by atoms with Crippen molar-refractivity contribution in [1.82, 2.24) is 9.99 Å². The van der Waals surface area contributed by atoms with Gasteiger partial charge in [-0.3, -0.25) is 4.98 Å². The highest BCUT2D eigenvalue weighted by Crippen LogP contribution is 2.50. The minimum atomic E-state index is -0.447. The third-order valence-electron chi connectivity index (χ3n) is 4.98. The number of halogens is 3. The van der Waals surface area contributed by atoms with Crippen molar-refractivity contribution < 1.29 is 9.13 Å². The van der Waals surface area contributed by atoms with Gasteiger partial charge in [-0.25, -0.2) is 9.40 Å². The van der Waals surface area contributed by atoms with E-state index in [0.29, 0.717) is 22.2 Å². The van der Waals surface area contributed by atoms with Crippen LogP contribution in [-0.4, -0.2) is 15.7 Å². The molecular formula is C21H14Cl2FN3O. The van der Waals surface area contributed by atoms with Crippen molar-refractivity contribution in [2.75, 3.05) is 0 Å². The summed E-state index contributed by atoms with van der Waals surface area (Å²) >= 11 is 12.7. The molecule has 4 nitrogen and oxygen atoms in total. The van der Waals surface area contributed by atoms with E-state index in [2.05, 4.69) is 4.98 Å². The maximum Gasteiger partial charge on any atom is 0.214 e. The molecule has 2 atom stereocenters. The maximum atomic E-state index is 13.3. The predicted octanol–water partition coefficient (Wildman–Crippen LogP) is 5.77. The molecule has 0 unspecified atom stereocenters. The number of rotatable bonds is 2. The fourth-order valence-corrected chi connectivity index (χ4v) is 4.23. The second-order valence-corrected chi connectivity index (χ2v) is 7.55. The Bertz CT molecular complexity index is 1070. The molecule has 140 valence electrons. The van der Waals surface area contributed by atoms with Gasteiger partial charge in [0, 0.05) is 35.0 Å². The van der Waals surface area contributed by atoms with E-state index in [9.17, 15) is 4.39 Å². The molecule has 3 heterocycles. The molecule has 5 rings (SSSR count). The highest BCUT2D eigenvalue weighted by Gasteiger charge is 2.42. The Labute approximate surface area is 171 Å². The van der Waals surface area contributed by atoms with Crippen LogP contribution >= 0.6 is 23.2 Å². The Balaban J connectivity index is 1.63.